The third-order valence-corrected chi connectivity index (χ3v) is 3.40. The Labute approximate surface area is 130 Å². The molecule has 0 spiro atoms. The van der Waals surface area contributed by atoms with Crippen LogP contribution >= 0.6 is 23.8 Å². The predicted molar refractivity (Wildman–Crippen MR) is 80.3 cm³/mol. The van der Waals surface area contributed by atoms with Crippen LogP contribution in [0.2, 0.25) is 5.02 Å². The molecule has 1 aromatic carbocycles. The van der Waals surface area contributed by atoms with Crippen LogP contribution < -0.4 is 11.1 Å². The van der Waals surface area contributed by atoms with E-state index in [1.165, 1.54) is 6.07 Å². The number of para-hydroxylation sites is 1. The Balaban J connectivity index is 3.13. The molecule has 0 fully saturated rings. The molecule has 8 heteroatoms. The van der Waals surface area contributed by atoms with E-state index in [-0.39, 0.29) is 10.0 Å². The molecule has 1 rings (SSSR count). The molecule has 0 radical (unpaired) electrons. The number of carbonyl (C=O) groups excluding carboxylic acids is 1. The minimum absolute atomic E-state index is 0.0602. The number of benzene rings is 1. The van der Waals surface area contributed by atoms with Gasteiger partial charge in [0.05, 0.1) is 27.2 Å². The SMILES string of the molecule is CCCC(C(=O)Nc1c(Cl)cccc1C(F)(F)F)C(N)=S. The lowest BCUT2D eigenvalue weighted by Crippen LogP contribution is -2.33. The number of thiocarbonyl (C=S) groups is 1. The van der Waals surface area contributed by atoms with Crippen molar-refractivity contribution in [2.75, 3.05) is 5.32 Å². The quantitative estimate of drug-likeness (QED) is 0.798. The van der Waals surface area contributed by atoms with Gasteiger partial charge in [-0.1, -0.05) is 43.2 Å². The molecule has 1 aromatic rings. The minimum atomic E-state index is -4.63. The Hall–Kier alpha value is -1.34. The van der Waals surface area contributed by atoms with Crippen LogP contribution in [0.3, 0.4) is 0 Å². The van der Waals surface area contributed by atoms with Crippen molar-refractivity contribution in [1.29, 1.82) is 0 Å². The molecule has 1 amide bonds. The molecule has 3 nitrogen and oxygen atoms in total. The molecule has 0 aliphatic heterocycles. The van der Waals surface area contributed by atoms with E-state index in [9.17, 15) is 18.0 Å². The predicted octanol–water partition coefficient (Wildman–Crippen LogP) is 4.00. The molecular weight excluding hydrogens is 325 g/mol. The zero-order valence-electron chi connectivity index (χ0n) is 11.1. The van der Waals surface area contributed by atoms with Gasteiger partial charge >= 0.3 is 6.18 Å². The lowest BCUT2D eigenvalue weighted by Gasteiger charge is -2.18. The molecule has 0 saturated carbocycles. The van der Waals surface area contributed by atoms with E-state index in [0.29, 0.717) is 12.8 Å². The molecule has 0 heterocycles. The highest BCUT2D eigenvalue weighted by atomic mass is 35.5. The Morgan fingerprint density at radius 1 is 1.48 bits per heavy atom. The maximum Gasteiger partial charge on any atom is 0.418 e. The largest absolute Gasteiger partial charge is 0.418 e. The van der Waals surface area contributed by atoms with Gasteiger partial charge in [-0.05, 0) is 18.6 Å². The van der Waals surface area contributed by atoms with E-state index in [1.54, 1.807) is 0 Å². The molecule has 116 valence electrons. The number of amides is 1. The maximum absolute atomic E-state index is 12.9. The van der Waals surface area contributed by atoms with Gasteiger partial charge in [-0.15, -0.1) is 0 Å². The van der Waals surface area contributed by atoms with Crippen molar-refractivity contribution in [3.63, 3.8) is 0 Å². The standard InChI is InChI=1S/C13H14ClF3N2OS/c1-2-4-7(11(18)21)12(20)19-10-8(13(15,16)17)5-3-6-9(10)14/h3,5-7H,2,4H2,1H3,(H2,18,21)(H,19,20). The van der Waals surface area contributed by atoms with Gasteiger partial charge in [0.25, 0.3) is 0 Å². The molecule has 3 N–H and O–H groups in total. The van der Waals surface area contributed by atoms with Crippen LogP contribution in [0.1, 0.15) is 25.3 Å². The van der Waals surface area contributed by atoms with E-state index < -0.39 is 29.3 Å². The van der Waals surface area contributed by atoms with Gasteiger partial charge in [0.1, 0.15) is 0 Å². The molecule has 21 heavy (non-hydrogen) atoms. The second-order valence-electron chi connectivity index (χ2n) is 4.39. The van der Waals surface area contributed by atoms with Crippen molar-refractivity contribution in [2.24, 2.45) is 11.7 Å². The van der Waals surface area contributed by atoms with Crippen LogP contribution in [0, 0.1) is 5.92 Å². The van der Waals surface area contributed by atoms with Gasteiger partial charge < -0.3 is 11.1 Å². The number of hydrogen-bond donors (Lipinski definition) is 2. The lowest BCUT2D eigenvalue weighted by atomic mass is 10.0. The highest BCUT2D eigenvalue weighted by Gasteiger charge is 2.35. The molecule has 1 unspecified atom stereocenters. The smallest absolute Gasteiger partial charge is 0.393 e. The van der Waals surface area contributed by atoms with Gasteiger partial charge in [-0.25, -0.2) is 0 Å². The first-order valence-electron chi connectivity index (χ1n) is 6.14. The summed E-state index contributed by atoms with van der Waals surface area (Å²) in [4.78, 5) is 12.0. The molecule has 0 aromatic heterocycles. The van der Waals surface area contributed by atoms with Crippen LogP contribution in [0.5, 0.6) is 0 Å². The summed E-state index contributed by atoms with van der Waals surface area (Å²) in [6, 6.07) is 3.27. The molecule has 0 saturated heterocycles. The number of halogens is 4. The van der Waals surface area contributed by atoms with E-state index >= 15 is 0 Å². The first-order chi connectivity index (χ1) is 9.68. The summed E-state index contributed by atoms with van der Waals surface area (Å²) < 4.78 is 38.8. The average molecular weight is 339 g/mol. The van der Waals surface area contributed by atoms with Crippen LogP contribution in [-0.2, 0) is 11.0 Å². The summed E-state index contributed by atoms with van der Waals surface area (Å²) in [5, 5.41) is 2.00. The van der Waals surface area contributed by atoms with Crippen LogP contribution in [-0.4, -0.2) is 10.9 Å². The summed E-state index contributed by atoms with van der Waals surface area (Å²) in [6.07, 6.45) is -3.66. The summed E-state index contributed by atoms with van der Waals surface area (Å²) in [5.41, 5.74) is 3.96. The fourth-order valence-electron chi connectivity index (χ4n) is 1.79. The lowest BCUT2D eigenvalue weighted by molar-refractivity contribution is -0.137. The Bertz CT molecular complexity index is 549. The van der Waals surface area contributed by atoms with Gasteiger partial charge in [-0.2, -0.15) is 13.2 Å². The first-order valence-corrected chi connectivity index (χ1v) is 6.93. The van der Waals surface area contributed by atoms with Crippen molar-refractivity contribution in [3.8, 4) is 0 Å². The molecular formula is C13H14ClF3N2OS. The normalized spacial score (nSPS) is 12.8. The van der Waals surface area contributed by atoms with Crippen molar-refractivity contribution in [2.45, 2.75) is 25.9 Å². The fraction of sp³-hybridized carbons (Fsp3) is 0.385. The minimum Gasteiger partial charge on any atom is -0.393 e. The molecule has 0 bridgehead atoms. The number of rotatable bonds is 5. The van der Waals surface area contributed by atoms with Gasteiger partial charge in [0.2, 0.25) is 5.91 Å². The first kappa shape index (κ1) is 17.7. The van der Waals surface area contributed by atoms with Crippen LogP contribution in [0.25, 0.3) is 0 Å². The van der Waals surface area contributed by atoms with Gasteiger partial charge in [0, 0.05) is 0 Å². The second kappa shape index (κ2) is 7.09. The van der Waals surface area contributed by atoms with E-state index in [4.69, 9.17) is 29.6 Å². The van der Waals surface area contributed by atoms with E-state index in [1.807, 2.05) is 6.92 Å². The number of nitrogens with two attached hydrogens (primary N) is 1. The highest BCUT2D eigenvalue weighted by Crippen LogP contribution is 2.38. The zero-order chi connectivity index (χ0) is 16.2. The van der Waals surface area contributed by atoms with Crippen molar-refractivity contribution in [3.05, 3.63) is 28.8 Å². The number of anilines is 1. The van der Waals surface area contributed by atoms with Gasteiger partial charge in [0.15, 0.2) is 0 Å². The average Bonchev–Trinajstić information content (AvgIpc) is 2.36. The Morgan fingerprint density at radius 2 is 2.10 bits per heavy atom. The number of carbonyl (C=O) groups is 1. The molecule has 0 aliphatic rings. The molecule has 0 aliphatic carbocycles. The fourth-order valence-corrected chi connectivity index (χ4v) is 2.24. The maximum atomic E-state index is 12.9. The number of nitrogens with one attached hydrogen (secondary N) is 1. The van der Waals surface area contributed by atoms with E-state index in [2.05, 4.69) is 5.32 Å². The third-order valence-electron chi connectivity index (χ3n) is 2.80. The zero-order valence-corrected chi connectivity index (χ0v) is 12.7. The monoisotopic (exact) mass is 338 g/mol. The van der Waals surface area contributed by atoms with Gasteiger partial charge in [-0.3, -0.25) is 4.79 Å². The van der Waals surface area contributed by atoms with Crippen molar-refractivity contribution < 1.29 is 18.0 Å². The summed E-state index contributed by atoms with van der Waals surface area (Å²) in [5.74, 6) is -1.52. The van der Waals surface area contributed by atoms with Crippen LogP contribution in [0.15, 0.2) is 18.2 Å². The summed E-state index contributed by atoms with van der Waals surface area (Å²) >= 11 is 10.5. The van der Waals surface area contributed by atoms with E-state index in [0.717, 1.165) is 12.1 Å². The van der Waals surface area contributed by atoms with Crippen molar-refractivity contribution in [1.82, 2.24) is 0 Å². The molecule has 1 atom stereocenters. The Morgan fingerprint density at radius 3 is 2.57 bits per heavy atom. The Kier molecular flexibility index (Phi) is 5.98. The summed E-state index contributed by atoms with van der Waals surface area (Å²) in [7, 11) is 0. The topological polar surface area (TPSA) is 55.1 Å². The van der Waals surface area contributed by atoms with Crippen LogP contribution in [0.4, 0.5) is 18.9 Å². The second-order valence-corrected chi connectivity index (χ2v) is 5.27. The summed E-state index contributed by atoms with van der Waals surface area (Å²) in [6.45, 7) is 1.81. The highest BCUT2D eigenvalue weighted by molar-refractivity contribution is 7.80. The number of alkyl halides is 3. The third kappa shape index (κ3) is 4.57. The van der Waals surface area contributed by atoms with Crippen molar-refractivity contribution >= 4 is 40.4 Å². The number of hydrogen-bond acceptors (Lipinski definition) is 2.